The van der Waals surface area contributed by atoms with E-state index in [0.717, 1.165) is 6.42 Å². The summed E-state index contributed by atoms with van der Waals surface area (Å²) in [5.41, 5.74) is 4.23. The summed E-state index contributed by atoms with van der Waals surface area (Å²) in [5.74, 6) is 0.583. The third-order valence-electron chi connectivity index (χ3n) is 3.40. The topological polar surface area (TPSA) is 12.9 Å². The number of hydrogen-bond donors (Lipinski definition) is 0. The van der Waals surface area contributed by atoms with Crippen molar-refractivity contribution in [2.24, 2.45) is 0 Å². The average Bonchev–Trinajstić information content (AvgIpc) is 2.81. The van der Waals surface area contributed by atoms with Crippen LogP contribution in [-0.4, -0.2) is 4.98 Å². The first-order valence-electron chi connectivity index (χ1n) is 6.09. The molecule has 3 rings (SSSR count). The predicted octanol–water partition coefficient (Wildman–Crippen LogP) is 3.82. The van der Waals surface area contributed by atoms with Gasteiger partial charge in [-0.15, -0.1) is 0 Å². The van der Waals surface area contributed by atoms with Crippen molar-refractivity contribution in [1.82, 2.24) is 4.98 Å². The minimum absolute atomic E-state index is 0.583. The number of allylic oxidation sites excluding steroid dienone is 1. The Balaban J connectivity index is 1.70. The highest BCUT2D eigenvalue weighted by atomic mass is 14.6. The van der Waals surface area contributed by atoms with Gasteiger partial charge in [0.2, 0.25) is 0 Å². The summed E-state index contributed by atoms with van der Waals surface area (Å²) in [6, 6.07) is 12.9. The molecule has 0 amide bonds. The molecule has 0 saturated carbocycles. The number of fused-ring (bicyclic) bond motifs is 1. The van der Waals surface area contributed by atoms with Gasteiger partial charge in [0.15, 0.2) is 0 Å². The van der Waals surface area contributed by atoms with Crippen LogP contribution in [0.15, 0.2) is 54.9 Å². The normalized spacial score (nSPS) is 17.1. The molecule has 2 aromatic rings. The Morgan fingerprint density at radius 3 is 2.71 bits per heavy atom. The van der Waals surface area contributed by atoms with Crippen LogP contribution in [-0.2, 0) is 6.42 Å². The lowest BCUT2D eigenvalue weighted by Crippen LogP contribution is -1.96. The molecule has 1 nitrogen and oxygen atoms in total. The molecule has 0 fully saturated rings. The molecule has 0 spiro atoms. The summed E-state index contributed by atoms with van der Waals surface area (Å²) >= 11 is 0. The standard InChI is InChI=1S/C16H15N/c1-2-4-16-14(3-1)7-8-15(16)6-5-13-9-11-17-12-10-13/h1-4,7-12,15H,5-6H2. The van der Waals surface area contributed by atoms with Crippen molar-refractivity contribution < 1.29 is 0 Å². The van der Waals surface area contributed by atoms with Crippen LogP contribution < -0.4 is 0 Å². The van der Waals surface area contributed by atoms with Gasteiger partial charge in [0.25, 0.3) is 0 Å². The van der Waals surface area contributed by atoms with E-state index in [-0.39, 0.29) is 0 Å². The van der Waals surface area contributed by atoms with Crippen LogP contribution in [0, 0.1) is 0 Å². The minimum Gasteiger partial charge on any atom is -0.265 e. The van der Waals surface area contributed by atoms with E-state index < -0.39 is 0 Å². The Morgan fingerprint density at radius 1 is 1.00 bits per heavy atom. The number of benzene rings is 1. The number of rotatable bonds is 3. The molecule has 17 heavy (non-hydrogen) atoms. The number of nitrogens with zero attached hydrogens (tertiary/aromatic N) is 1. The minimum atomic E-state index is 0.583. The first-order valence-corrected chi connectivity index (χ1v) is 6.09. The van der Waals surface area contributed by atoms with Crippen LogP contribution >= 0.6 is 0 Å². The van der Waals surface area contributed by atoms with Gasteiger partial charge in [0.05, 0.1) is 0 Å². The molecule has 84 valence electrons. The van der Waals surface area contributed by atoms with Crippen molar-refractivity contribution >= 4 is 6.08 Å². The van der Waals surface area contributed by atoms with Crippen LogP contribution in [0.3, 0.4) is 0 Å². The Hall–Kier alpha value is -1.89. The van der Waals surface area contributed by atoms with Crippen LogP contribution in [0.2, 0.25) is 0 Å². The summed E-state index contributed by atoms with van der Waals surface area (Å²) in [5, 5.41) is 0. The third-order valence-corrected chi connectivity index (χ3v) is 3.40. The van der Waals surface area contributed by atoms with Crippen LogP contribution in [0.1, 0.15) is 29.0 Å². The van der Waals surface area contributed by atoms with Gasteiger partial charge in [-0.05, 0) is 41.7 Å². The van der Waals surface area contributed by atoms with Crippen LogP contribution in [0.4, 0.5) is 0 Å². The fourth-order valence-electron chi connectivity index (χ4n) is 2.45. The van der Waals surface area contributed by atoms with Gasteiger partial charge in [-0.2, -0.15) is 0 Å². The van der Waals surface area contributed by atoms with E-state index in [9.17, 15) is 0 Å². The summed E-state index contributed by atoms with van der Waals surface area (Å²) in [7, 11) is 0. The lowest BCUT2D eigenvalue weighted by Gasteiger charge is -2.10. The molecule has 1 aromatic heterocycles. The summed E-state index contributed by atoms with van der Waals surface area (Å²) in [4.78, 5) is 4.05. The summed E-state index contributed by atoms with van der Waals surface area (Å²) in [6.45, 7) is 0. The molecule has 1 aromatic carbocycles. The monoisotopic (exact) mass is 221 g/mol. The molecule has 0 bridgehead atoms. The Bertz CT molecular complexity index is 528. The zero-order valence-electron chi connectivity index (χ0n) is 9.71. The number of pyridine rings is 1. The third kappa shape index (κ3) is 2.14. The molecule has 1 aliphatic carbocycles. The van der Waals surface area contributed by atoms with Gasteiger partial charge in [-0.25, -0.2) is 0 Å². The maximum atomic E-state index is 4.05. The molecule has 1 atom stereocenters. The fraction of sp³-hybridized carbons (Fsp3) is 0.188. The van der Waals surface area contributed by atoms with E-state index in [1.807, 2.05) is 12.4 Å². The zero-order valence-corrected chi connectivity index (χ0v) is 9.71. The van der Waals surface area contributed by atoms with E-state index in [1.165, 1.54) is 23.1 Å². The lowest BCUT2D eigenvalue weighted by molar-refractivity contribution is 0.744. The van der Waals surface area contributed by atoms with Crippen LogP contribution in [0.25, 0.3) is 6.08 Å². The second kappa shape index (κ2) is 4.54. The molecular weight excluding hydrogens is 206 g/mol. The fourth-order valence-corrected chi connectivity index (χ4v) is 2.45. The van der Waals surface area contributed by atoms with Gasteiger partial charge in [0, 0.05) is 18.3 Å². The van der Waals surface area contributed by atoms with E-state index in [1.54, 1.807) is 0 Å². The second-order valence-electron chi connectivity index (χ2n) is 4.49. The molecule has 1 heterocycles. The van der Waals surface area contributed by atoms with Gasteiger partial charge in [-0.3, -0.25) is 4.98 Å². The zero-order chi connectivity index (χ0) is 11.5. The molecule has 0 N–H and O–H groups in total. The largest absolute Gasteiger partial charge is 0.265 e. The number of aryl methyl sites for hydroxylation is 1. The molecule has 1 heteroatoms. The highest BCUT2D eigenvalue weighted by molar-refractivity contribution is 5.62. The van der Waals surface area contributed by atoms with E-state index in [2.05, 4.69) is 53.5 Å². The lowest BCUT2D eigenvalue weighted by atomic mass is 9.94. The first kappa shape index (κ1) is 10.3. The van der Waals surface area contributed by atoms with Crippen molar-refractivity contribution in [3.63, 3.8) is 0 Å². The van der Waals surface area contributed by atoms with Gasteiger partial charge in [0.1, 0.15) is 0 Å². The van der Waals surface area contributed by atoms with E-state index in [4.69, 9.17) is 0 Å². The summed E-state index contributed by atoms with van der Waals surface area (Å²) < 4.78 is 0. The van der Waals surface area contributed by atoms with Crippen LogP contribution in [0.5, 0.6) is 0 Å². The highest BCUT2D eigenvalue weighted by Crippen LogP contribution is 2.32. The number of aromatic nitrogens is 1. The van der Waals surface area contributed by atoms with E-state index >= 15 is 0 Å². The van der Waals surface area contributed by atoms with Crippen molar-refractivity contribution in [1.29, 1.82) is 0 Å². The first-order chi connectivity index (χ1) is 8.43. The molecule has 1 aliphatic rings. The molecule has 0 aliphatic heterocycles. The SMILES string of the molecule is C1=CC(CCc2ccncc2)c2ccccc21. The maximum Gasteiger partial charge on any atom is 0.0270 e. The number of hydrogen-bond acceptors (Lipinski definition) is 1. The second-order valence-corrected chi connectivity index (χ2v) is 4.49. The molecular formula is C16H15N. The van der Waals surface area contributed by atoms with Gasteiger partial charge in [-0.1, -0.05) is 36.4 Å². The van der Waals surface area contributed by atoms with Gasteiger partial charge < -0.3 is 0 Å². The highest BCUT2D eigenvalue weighted by Gasteiger charge is 2.15. The van der Waals surface area contributed by atoms with Crippen molar-refractivity contribution in [3.05, 3.63) is 71.6 Å². The molecule has 0 saturated heterocycles. The predicted molar refractivity (Wildman–Crippen MR) is 70.8 cm³/mol. The molecule has 1 unspecified atom stereocenters. The smallest absolute Gasteiger partial charge is 0.0270 e. The van der Waals surface area contributed by atoms with E-state index in [0.29, 0.717) is 5.92 Å². The Kier molecular flexibility index (Phi) is 2.74. The van der Waals surface area contributed by atoms with Crippen molar-refractivity contribution in [2.45, 2.75) is 18.8 Å². The Morgan fingerprint density at radius 2 is 1.82 bits per heavy atom. The van der Waals surface area contributed by atoms with Gasteiger partial charge >= 0.3 is 0 Å². The van der Waals surface area contributed by atoms with Crippen molar-refractivity contribution in [2.75, 3.05) is 0 Å². The average molecular weight is 221 g/mol. The molecule has 0 radical (unpaired) electrons. The quantitative estimate of drug-likeness (QED) is 0.767. The maximum absolute atomic E-state index is 4.05. The van der Waals surface area contributed by atoms with Crippen molar-refractivity contribution in [3.8, 4) is 0 Å². The summed E-state index contributed by atoms with van der Waals surface area (Å²) in [6.07, 6.45) is 10.6. The Labute approximate surface area is 102 Å².